The predicted octanol–water partition coefficient (Wildman–Crippen LogP) is 3.65. The fourth-order valence-electron chi connectivity index (χ4n) is 3.21. The van der Waals surface area contributed by atoms with Crippen molar-refractivity contribution >= 4 is 28.3 Å². The lowest BCUT2D eigenvalue weighted by atomic mass is 10.2. The van der Waals surface area contributed by atoms with E-state index in [0.29, 0.717) is 11.0 Å². The van der Waals surface area contributed by atoms with Gasteiger partial charge in [0.1, 0.15) is 5.58 Å². The molecule has 1 amide bonds. The van der Waals surface area contributed by atoms with E-state index < -0.39 is 5.91 Å². The fourth-order valence-corrected chi connectivity index (χ4v) is 3.21. The Morgan fingerprint density at radius 1 is 1.00 bits per heavy atom. The summed E-state index contributed by atoms with van der Waals surface area (Å²) >= 11 is 0. The molecule has 0 radical (unpaired) electrons. The van der Waals surface area contributed by atoms with E-state index in [1.165, 1.54) is 6.07 Å². The molecule has 25 heavy (non-hydrogen) atoms. The number of benzene rings is 2. The maximum Gasteiger partial charge on any atom is 0.291 e. The standard InChI is InChI=1S/C20H18N2O3/c23-17-13-19(25-18-10-4-1-7-14(17)18)20(24)21-15-8-2-3-9-16(15)22-11-5-6-12-22/h1-4,7-10,13H,5-6,11-12H2,(H,21,24). The molecule has 1 N–H and O–H groups in total. The monoisotopic (exact) mass is 334 g/mol. The van der Waals surface area contributed by atoms with Crippen molar-refractivity contribution in [1.82, 2.24) is 0 Å². The van der Waals surface area contributed by atoms with Gasteiger partial charge in [-0.25, -0.2) is 0 Å². The van der Waals surface area contributed by atoms with Crippen LogP contribution in [0.4, 0.5) is 11.4 Å². The van der Waals surface area contributed by atoms with E-state index >= 15 is 0 Å². The van der Waals surface area contributed by atoms with Gasteiger partial charge < -0.3 is 14.6 Å². The molecule has 1 saturated heterocycles. The maximum atomic E-state index is 12.6. The van der Waals surface area contributed by atoms with Crippen LogP contribution in [0.25, 0.3) is 11.0 Å². The minimum absolute atomic E-state index is 0.0138. The lowest BCUT2D eigenvalue weighted by Crippen LogP contribution is -2.21. The highest BCUT2D eigenvalue weighted by atomic mass is 16.3. The zero-order valence-electron chi connectivity index (χ0n) is 13.7. The third-order valence-electron chi connectivity index (χ3n) is 4.46. The minimum Gasteiger partial charge on any atom is -0.451 e. The summed E-state index contributed by atoms with van der Waals surface area (Å²) < 4.78 is 5.62. The minimum atomic E-state index is -0.422. The topological polar surface area (TPSA) is 62.6 Å². The second-order valence-corrected chi connectivity index (χ2v) is 6.14. The third kappa shape index (κ3) is 3.01. The van der Waals surface area contributed by atoms with Crippen LogP contribution < -0.4 is 15.6 Å². The quantitative estimate of drug-likeness (QED) is 0.794. The molecule has 5 nitrogen and oxygen atoms in total. The molecule has 1 aromatic heterocycles. The van der Waals surface area contributed by atoms with Crippen LogP contribution in [0.3, 0.4) is 0 Å². The van der Waals surface area contributed by atoms with Crippen molar-refractivity contribution in [3.8, 4) is 0 Å². The Morgan fingerprint density at radius 3 is 2.56 bits per heavy atom. The second-order valence-electron chi connectivity index (χ2n) is 6.14. The Bertz CT molecular complexity index is 987. The summed E-state index contributed by atoms with van der Waals surface area (Å²) in [7, 11) is 0. The summed E-state index contributed by atoms with van der Waals surface area (Å²) in [6.45, 7) is 1.97. The van der Waals surface area contributed by atoms with E-state index in [1.54, 1.807) is 24.3 Å². The first kappa shape index (κ1) is 15.4. The molecular formula is C20H18N2O3. The molecule has 0 spiro atoms. The number of para-hydroxylation sites is 3. The number of rotatable bonds is 3. The van der Waals surface area contributed by atoms with Gasteiger partial charge in [0, 0.05) is 19.2 Å². The number of nitrogens with zero attached hydrogens (tertiary/aromatic N) is 1. The molecular weight excluding hydrogens is 316 g/mol. The van der Waals surface area contributed by atoms with Crippen LogP contribution in [-0.4, -0.2) is 19.0 Å². The average Bonchev–Trinajstić information content (AvgIpc) is 3.16. The van der Waals surface area contributed by atoms with Gasteiger partial charge in [-0.15, -0.1) is 0 Å². The molecule has 2 heterocycles. The first-order valence-corrected chi connectivity index (χ1v) is 8.40. The Morgan fingerprint density at radius 2 is 1.72 bits per heavy atom. The molecule has 0 aliphatic carbocycles. The van der Waals surface area contributed by atoms with Crippen LogP contribution in [0.15, 0.2) is 63.8 Å². The van der Waals surface area contributed by atoms with Gasteiger partial charge >= 0.3 is 0 Å². The van der Waals surface area contributed by atoms with E-state index in [2.05, 4.69) is 10.2 Å². The molecule has 4 rings (SSSR count). The molecule has 3 aromatic rings. The first-order valence-electron chi connectivity index (χ1n) is 8.40. The molecule has 0 bridgehead atoms. The Kier molecular flexibility index (Phi) is 3.98. The highest BCUT2D eigenvalue weighted by Crippen LogP contribution is 2.29. The summed E-state index contributed by atoms with van der Waals surface area (Å²) in [6, 6.07) is 15.9. The predicted molar refractivity (Wildman–Crippen MR) is 98.3 cm³/mol. The normalized spacial score (nSPS) is 14.0. The maximum absolute atomic E-state index is 12.6. The molecule has 0 unspecified atom stereocenters. The van der Waals surface area contributed by atoms with Crippen molar-refractivity contribution in [3.05, 3.63) is 70.6 Å². The van der Waals surface area contributed by atoms with Crippen LogP contribution in [-0.2, 0) is 0 Å². The highest BCUT2D eigenvalue weighted by molar-refractivity contribution is 6.04. The average molecular weight is 334 g/mol. The van der Waals surface area contributed by atoms with Crippen LogP contribution in [0, 0.1) is 0 Å². The molecule has 2 aromatic carbocycles. The van der Waals surface area contributed by atoms with Crippen LogP contribution in [0.2, 0.25) is 0 Å². The summed E-state index contributed by atoms with van der Waals surface area (Å²) in [4.78, 5) is 27.1. The van der Waals surface area contributed by atoms with E-state index in [9.17, 15) is 9.59 Å². The summed E-state index contributed by atoms with van der Waals surface area (Å²) in [5.74, 6) is -0.408. The van der Waals surface area contributed by atoms with Crippen LogP contribution in [0.5, 0.6) is 0 Å². The van der Waals surface area contributed by atoms with Crippen molar-refractivity contribution in [2.75, 3.05) is 23.3 Å². The van der Waals surface area contributed by atoms with Crippen molar-refractivity contribution < 1.29 is 9.21 Å². The van der Waals surface area contributed by atoms with Gasteiger partial charge in [0.2, 0.25) is 0 Å². The van der Waals surface area contributed by atoms with Gasteiger partial charge in [0.25, 0.3) is 5.91 Å². The Hall–Kier alpha value is -3.08. The lowest BCUT2D eigenvalue weighted by molar-refractivity contribution is 0.0997. The highest BCUT2D eigenvalue weighted by Gasteiger charge is 2.18. The molecule has 5 heteroatoms. The van der Waals surface area contributed by atoms with Gasteiger partial charge in [-0.3, -0.25) is 9.59 Å². The smallest absolute Gasteiger partial charge is 0.291 e. The first-order chi connectivity index (χ1) is 12.2. The van der Waals surface area contributed by atoms with E-state index in [4.69, 9.17) is 4.42 Å². The lowest BCUT2D eigenvalue weighted by Gasteiger charge is -2.21. The third-order valence-corrected chi connectivity index (χ3v) is 4.46. The molecule has 126 valence electrons. The summed E-state index contributed by atoms with van der Waals surface area (Å²) in [5.41, 5.74) is 1.91. The number of carbonyl (C=O) groups is 1. The number of carbonyl (C=O) groups excluding carboxylic acids is 1. The number of nitrogens with one attached hydrogen (secondary N) is 1. The molecule has 1 fully saturated rings. The number of anilines is 2. The molecule has 0 atom stereocenters. The van der Waals surface area contributed by atoms with Gasteiger partial charge in [0.05, 0.1) is 16.8 Å². The van der Waals surface area contributed by atoms with Crippen molar-refractivity contribution in [3.63, 3.8) is 0 Å². The number of hydrogen-bond acceptors (Lipinski definition) is 4. The van der Waals surface area contributed by atoms with Gasteiger partial charge in [-0.1, -0.05) is 24.3 Å². The zero-order valence-corrected chi connectivity index (χ0v) is 13.7. The SMILES string of the molecule is O=C(Nc1ccccc1N1CCCC1)c1cc(=O)c2ccccc2o1. The summed E-state index contributed by atoms with van der Waals surface area (Å²) in [6.07, 6.45) is 2.31. The molecule has 1 aliphatic heterocycles. The van der Waals surface area contributed by atoms with Crippen LogP contribution in [0.1, 0.15) is 23.4 Å². The van der Waals surface area contributed by atoms with E-state index in [0.717, 1.165) is 37.3 Å². The van der Waals surface area contributed by atoms with Crippen molar-refractivity contribution in [1.29, 1.82) is 0 Å². The van der Waals surface area contributed by atoms with Gasteiger partial charge in [0.15, 0.2) is 11.2 Å². The van der Waals surface area contributed by atoms with E-state index in [-0.39, 0.29) is 11.2 Å². The zero-order chi connectivity index (χ0) is 17.2. The van der Waals surface area contributed by atoms with Crippen molar-refractivity contribution in [2.45, 2.75) is 12.8 Å². The molecule has 1 aliphatic rings. The number of amides is 1. The van der Waals surface area contributed by atoms with E-state index in [1.807, 2.05) is 24.3 Å². The Labute approximate surface area is 144 Å². The summed E-state index contributed by atoms with van der Waals surface area (Å²) in [5, 5.41) is 3.35. The fraction of sp³-hybridized carbons (Fsp3) is 0.200. The Balaban J connectivity index is 1.66. The number of fused-ring (bicyclic) bond motifs is 1. The largest absolute Gasteiger partial charge is 0.451 e. The van der Waals surface area contributed by atoms with Crippen molar-refractivity contribution in [2.24, 2.45) is 0 Å². The van der Waals surface area contributed by atoms with Gasteiger partial charge in [-0.05, 0) is 37.1 Å². The molecule has 0 saturated carbocycles. The second kappa shape index (κ2) is 6.43. The van der Waals surface area contributed by atoms with Crippen LogP contribution >= 0.6 is 0 Å². The number of hydrogen-bond donors (Lipinski definition) is 1. The van der Waals surface area contributed by atoms with Gasteiger partial charge in [-0.2, -0.15) is 0 Å².